The van der Waals surface area contributed by atoms with E-state index in [4.69, 9.17) is 5.11 Å². The molecule has 3 rings (SSSR count). The Hall–Kier alpha value is -2.54. The van der Waals surface area contributed by atoms with Gasteiger partial charge in [-0.25, -0.2) is 0 Å². The molecule has 0 unspecified atom stereocenters. The number of phenolic OH excluding ortho intramolecular Hbond substituents is 1. The number of phenols is 1. The van der Waals surface area contributed by atoms with Gasteiger partial charge in [0.15, 0.2) is 0 Å². The Labute approximate surface area is 132 Å². The summed E-state index contributed by atoms with van der Waals surface area (Å²) in [5.41, 5.74) is 3.84. The van der Waals surface area contributed by atoms with Gasteiger partial charge in [-0.2, -0.15) is 0 Å². The fourth-order valence-corrected chi connectivity index (χ4v) is 2.21. The maximum Gasteiger partial charge on any atom is 0.115 e. The molecular weight excluding hydrogens is 268 g/mol. The summed E-state index contributed by atoms with van der Waals surface area (Å²) >= 11 is 0. The minimum absolute atomic E-state index is 0.347. The summed E-state index contributed by atoms with van der Waals surface area (Å²) < 4.78 is 0. The summed E-state index contributed by atoms with van der Waals surface area (Å²) in [6.45, 7) is 2.15. The standard InChI is InChI=1S/C12H10.C9H12O/c1-3-7-11(8-4-1)12-9-5-2-6-10-12;1-2-3-8-4-6-9(10)7-5-8/h1-10H;4-7,10H,2-3H2,1H3. The Bertz CT molecular complexity index is 605. The van der Waals surface area contributed by atoms with Crippen molar-refractivity contribution >= 4 is 0 Å². The number of rotatable bonds is 3. The second-order valence-corrected chi connectivity index (χ2v) is 5.15. The van der Waals surface area contributed by atoms with Crippen LogP contribution in [0.25, 0.3) is 11.1 Å². The van der Waals surface area contributed by atoms with Crippen LogP contribution < -0.4 is 0 Å². The first-order chi connectivity index (χ1) is 10.8. The molecule has 0 radical (unpaired) electrons. The topological polar surface area (TPSA) is 20.2 Å². The van der Waals surface area contributed by atoms with Crippen molar-refractivity contribution in [2.45, 2.75) is 19.8 Å². The van der Waals surface area contributed by atoms with Gasteiger partial charge in [-0.3, -0.25) is 0 Å². The predicted molar refractivity (Wildman–Crippen MR) is 94.0 cm³/mol. The number of hydrogen-bond donors (Lipinski definition) is 1. The summed E-state index contributed by atoms with van der Waals surface area (Å²) in [5, 5.41) is 8.92. The fraction of sp³-hybridized carbons (Fsp3) is 0.143. The molecule has 112 valence electrons. The number of hydrogen-bond acceptors (Lipinski definition) is 1. The van der Waals surface area contributed by atoms with Crippen molar-refractivity contribution in [1.29, 1.82) is 0 Å². The lowest BCUT2D eigenvalue weighted by Gasteiger charge is -1.98. The highest BCUT2D eigenvalue weighted by Gasteiger charge is 1.92. The smallest absolute Gasteiger partial charge is 0.115 e. The maximum atomic E-state index is 8.92. The highest BCUT2D eigenvalue weighted by Crippen LogP contribution is 2.17. The van der Waals surface area contributed by atoms with Crippen molar-refractivity contribution in [3.05, 3.63) is 90.5 Å². The van der Waals surface area contributed by atoms with Crippen LogP contribution in [0.3, 0.4) is 0 Å². The van der Waals surface area contributed by atoms with E-state index in [0.717, 1.165) is 12.8 Å². The van der Waals surface area contributed by atoms with Crippen LogP contribution in [0.15, 0.2) is 84.9 Å². The highest BCUT2D eigenvalue weighted by molar-refractivity contribution is 5.62. The van der Waals surface area contributed by atoms with Crippen molar-refractivity contribution in [2.24, 2.45) is 0 Å². The zero-order valence-corrected chi connectivity index (χ0v) is 12.9. The quantitative estimate of drug-likeness (QED) is 0.656. The van der Waals surface area contributed by atoms with Gasteiger partial charge in [0.25, 0.3) is 0 Å². The first-order valence-corrected chi connectivity index (χ1v) is 7.68. The molecule has 3 aromatic carbocycles. The summed E-state index contributed by atoms with van der Waals surface area (Å²) in [4.78, 5) is 0. The minimum Gasteiger partial charge on any atom is -0.508 e. The van der Waals surface area contributed by atoms with E-state index in [0.29, 0.717) is 5.75 Å². The summed E-state index contributed by atoms with van der Waals surface area (Å²) in [6.07, 6.45) is 2.26. The Morgan fingerprint density at radius 2 is 1.09 bits per heavy atom. The third kappa shape index (κ3) is 5.10. The number of aryl methyl sites for hydroxylation is 1. The van der Waals surface area contributed by atoms with Gasteiger partial charge in [0.1, 0.15) is 5.75 Å². The van der Waals surface area contributed by atoms with Crippen LogP contribution in [-0.4, -0.2) is 5.11 Å². The molecule has 0 bridgehead atoms. The van der Waals surface area contributed by atoms with Crippen LogP contribution in [0.1, 0.15) is 18.9 Å². The van der Waals surface area contributed by atoms with Crippen molar-refractivity contribution in [1.82, 2.24) is 0 Å². The average Bonchev–Trinajstić information content (AvgIpc) is 2.59. The van der Waals surface area contributed by atoms with Crippen molar-refractivity contribution in [3.63, 3.8) is 0 Å². The third-order valence-corrected chi connectivity index (χ3v) is 3.36. The Kier molecular flexibility index (Phi) is 6.25. The maximum absolute atomic E-state index is 8.92. The lowest BCUT2D eigenvalue weighted by molar-refractivity contribution is 0.475. The molecule has 0 aliphatic rings. The van der Waals surface area contributed by atoms with Gasteiger partial charge in [-0.05, 0) is 35.2 Å². The molecule has 0 saturated heterocycles. The first-order valence-electron chi connectivity index (χ1n) is 7.68. The molecule has 0 heterocycles. The van der Waals surface area contributed by atoms with Gasteiger partial charge >= 0.3 is 0 Å². The van der Waals surface area contributed by atoms with E-state index in [1.165, 1.54) is 16.7 Å². The fourth-order valence-electron chi connectivity index (χ4n) is 2.21. The van der Waals surface area contributed by atoms with Crippen molar-refractivity contribution in [2.75, 3.05) is 0 Å². The molecule has 0 aliphatic heterocycles. The van der Waals surface area contributed by atoms with Crippen LogP contribution >= 0.6 is 0 Å². The van der Waals surface area contributed by atoms with Gasteiger partial charge in [-0.15, -0.1) is 0 Å². The largest absolute Gasteiger partial charge is 0.508 e. The Balaban J connectivity index is 0.000000164. The van der Waals surface area contributed by atoms with Crippen LogP contribution in [0.2, 0.25) is 0 Å². The van der Waals surface area contributed by atoms with E-state index in [2.05, 4.69) is 55.5 Å². The first kappa shape index (κ1) is 15.8. The van der Waals surface area contributed by atoms with E-state index in [-0.39, 0.29) is 0 Å². The monoisotopic (exact) mass is 290 g/mol. The van der Waals surface area contributed by atoms with Crippen LogP contribution in [-0.2, 0) is 6.42 Å². The molecule has 1 N–H and O–H groups in total. The van der Waals surface area contributed by atoms with E-state index in [9.17, 15) is 0 Å². The molecule has 0 amide bonds. The van der Waals surface area contributed by atoms with Gasteiger partial charge in [0.05, 0.1) is 0 Å². The molecule has 0 aromatic heterocycles. The molecule has 0 saturated carbocycles. The van der Waals surface area contributed by atoms with Gasteiger partial charge in [-0.1, -0.05) is 86.1 Å². The predicted octanol–water partition coefficient (Wildman–Crippen LogP) is 5.70. The molecule has 1 heteroatoms. The minimum atomic E-state index is 0.347. The average molecular weight is 290 g/mol. The molecule has 3 aromatic rings. The lowest BCUT2D eigenvalue weighted by Crippen LogP contribution is -1.79. The zero-order valence-electron chi connectivity index (χ0n) is 12.9. The van der Waals surface area contributed by atoms with Crippen LogP contribution in [0.5, 0.6) is 5.75 Å². The molecule has 0 aliphatic carbocycles. The highest BCUT2D eigenvalue weighted by atomic mass is 16.3. The zero-order chi connectivity index (χ0) is 15.6. The van der Waals surface area contributed by atoms with Gasteiger partial charge in [0.2, 0.25) is 0 Å². The Morgan fingerprint density at radius 1 is 0.636 bits per heavy atom. The molecule has 22 heavy (non-hydrogen) atoms. The van der Waals surface area contributed by atoms with E-state index in [1.54, 1.807) is 12.1 Å². The third-order valence-electron chi connectivity index (χ3n) is 3.36. The lowest BCUT2D eigenvalue weighted by atomic mass is 10.1. The van der Waals surface area contributed by atoms with Crippen molar-refractivity contribution in [3.8, 4) is 16.9 Å². The summed E-state index contributed by atoms with van der Waals surface area (Å²) in [6, 6.07) is 28.2. The summed E-state index contributed by atoms with van der Waals surface area (Å²) in [7, 11) is 0. The molecule has 1 nitrogen and oxygen atoms in total. The normalized spacial score (nSPS) is 9.68. The summed E-state index contributed by atoms with van der Waals surface area (Å²) in [5.74, 6) is 0.347. The van der Waals surface area contributed by atoms with E-state index in [1.807, 2.05) is 24.3 Å². The Morgan fingerprint density at radius 3 is 1.50 bits per heavy atom. The molecule has 0 spiro atoms. The van der Waals surface area contributed by atoms with Crippen LogP contribution in [0.4, 0.5) is 0 Å². The second kappa shape index (κ2) is 8.68. The van der Waals surface area contributed by atoms with E-state index < -0.39 is 0 Å². The molecular formula is C21H22O. The SMILES string of the molecule is CCCc1ccc(O)cc1.c1ccc(-c2ccccc2)cc1. The van der Waals surface area contributed by atoms with Crippen LogP contribution in [0, 0.1) is 0 Å². The number of aromatic hydroxyl groups is 1. The molecule has 0 fully saturated rings. The van der Waals surface area contributed by atoms with Gasteiger partial charge in [0, 0.05) is 0 Å². The van der Waals surface area contributed by atoms with Crippen molar-refractivity contribution < 1.29 is 5.11 Å². The van der Waals surface area contributed by atoms with E-state index >= 15 is 0 Å². The molecule has 0 atom stereocenters. The van der Waals surface area contributed by atoms with Gasteiger partial charge < -0.3 is 5.11 Å². The second-order valence-electron chi connectivity index (χ2n) is 5.15. The number of benzene rings is 3.